The van der Waals surface area contributed by atoms with E-state index in [1.807, 2.05) is 6.07 Å². The maximum absolute atomic E-state index is 13.9. The second-order valence-electron chi connectivity index (χ2n) is 6.13. The van der Waals surface area contributed by atoms with Gasteiger partial charge in [-0.25, -0.2) is 4.39 Å². The number of amides is 1. The van der Waals surface area contributed by atoms with Crippen molar-refractivity contribution >= 4 is 6.41 Å². The summed E-state index contributed by atoms with van der Waals surface area (Å²) in [6, 6.07) is 11.5. The zero-order valence-corrected chi connectivity index (χ0v) is 13.2. The van der Waals surface area contributed by atoms with Gasteiger partial charge in [-0.15, -0.1) is 0 Å². The molecule has 1 aliphatic rings. The van der Waals surface area contributed by atoms with Crippen LogP contribution in [0.3, 0.4) is 0 Å². The second-order valence-corrected chi connectivity index (χ2v) is 6.13. The van der Waals surface area contributed by atoms with Crippen LogP contribution in [-0.2, 0) is 11.4 Å². The summed E-state index contributed by atoms with van der Waals surface area (Å²) in [5.41, 5.74) is 2.44. The van der Waals surface area contributed by atoms with E-state index in [0.717, 1.165) is 18.4 Å². The van der Waals surface area contributed by atoms with Gasteiger partial charge in [0.05, 0.1) is 6.61 Å². The third-order valence-corrected chi connectivity index (χ3v) is 4.66. The summed E-state index contributed by atoms with van der Waals surface area (Å²) in [6.07, 6.45) is 0.608. The molecule has 0 radical (unpaired) electrons. The lowest BCUT2D eigenvalue weighted by Crippen LogP contribution is -2.18. The Morgan fingerprint density at radius 2 is 2.08 bits per heavy atom. The van der Waals surface area contributed by atoms with Crippen LogP contribution >= 0.6 is 0 Å². The van der Waals surface area contributed by atoms with Gasteiger partial charge in [-0.2, -0.15) is 0 Å². The molecule has 126 valence electrons. The zero-order chi connectivity index (χ0) is 17.1. The predicted octanol–water partition coefficient (Wildman–Crippen LogP) is 2.35. The fourth-order valence-corrected chi connectivity index (χ4v) is 3.34. The Morgan fingerprint density at radius 3 is 2.75 bits per heavy atom. The monoisotopic (exact) mass is 329 g/mol. The van der Waals surface area contributed by atoms with Crippen LogP contribution in [0.4, 0.5) is 4.39 Å². The first-order chi connectivity index (χ1) is 11.6. The largest absolute Gasteiger partial charge is 0.392 e. The van der Waals surface area contributed by atoms with Gasteiger partial charge >= 0.3 is 0 Å². The Kier molecular flexibility index (Phi) is 4.92. The standard InChI is InChI=1S/C19H20FNO3/c20-18-4-2-1-3-17(18)19(24)13-5-6-16(15(9-13)11-22)14-7-8-21(10-14)12-23/h1-6,9,12,14,19,22,24H,7-8,10-11H2. The van der Waals surface area contributed by atoms with E-state index >= 15 is 0 Å². The molecule has 0 bridgehead atoms. The molecule has 0 aliphatic carbocycles. The van der Waals surface area contributed by atoms with E-state index in [0.29, 0.717) is 24.2 Å². The number of benzene rings is 2. The lowest BCUT2D eigenvalue weighted by molar-refractivity contribution is -0.117. The van der Waals surface area contributed by atoms with Crippen molar-refractivity contribution in [1.82, 2.24) is 4.90 Å². The number of hydrogen-bond acceptors (Lipinski definition) is 3. The molecule has 1 heterocycles. The first-order valence-electron chi connectivity index (χ1n) is 7.99. The Labute approximate surface area is 140 Å². The van der Waals surface area contributed by atoms with E-state index in [1.54, 1.807) is 35.2 Å². The lowest BCUT2D eigenvalue weighted by atomic mass is 9.90. The molecule has 0 saturated carbocycles. The first kappa shape index (κ1) is 16.6. The molecule has 1 amide bonds. The summed E-state index contributed by atoms with van der Waals surface area (Å²) >= 11 is 0. The number of likely N-dealkylation sites (tertiary alicyclic amines) is 1. The number of nitrogens with zero attached hydrogens (tertiary/aromatic N) is 1. The van der Waals surface area contributed by atoms with Gasteiger partial charge in [0, 0.05) is 24.6 Å². The molecular weight excluding hydrogens is 309 g/mol. The third kappa shape index (κ3) is 3.18. The Morgan fingerprint density at radius 1 is 1.29 bits per heavy atom. The van der Waals surface area contributed by atoms with E-state index in [-0.39, 0.29) is 18.1 Å². The molecular formula is C19H20FNO3. The fraction of sp³-hybridized carbons (Fsp3) is 0.316. The van der Waals surface area contributed by atoms with Crippen molar-refractivity contribution in [2.24, 2.45) is 0 Å². The van der Waals surface area contributed by atoms with Crippen molar-refractivity contribution in [2.75, 3.05) is 13.1 Å². The zero-order valence-electron chi connectivity index (χ0n) is 13.2. The van der Waals surface area contributed by atoms with E-state index in [9.17, 15) is 19.4 Å². The molecule has 5 heteroatoms. The number of hydrogen-bond donors (Lipinski definition) is 2. The van der Waals surface area contributed by atoms with E-state index in [2.05, 4.69) is 0 Å². The molecule has 3 rings (SSSR count). The first-order valence-corrected chi connectivity index (χ1v) is 7.99. The van der Waals surface area contributed by atoms with Crippen LogP contribution in [-0.4, -0.2) is 34.6 Å². The smallest absolute Gasteiger partial charge is 0.209 e. The minimum atomic E-state index is -1.08. The van der Waals surface area contributed by atoms with Crippen LogP contribution in [0, 0.1) is 5.82 Å². The number of halogens is 1. The minimum absolute atomic E-state index is 0.162. The van der Waals surface area contributed by atoms with Crippen LogP contribution in [0.1, 0.15) is 40.7 Å². The maximum Gasteiger partial charge on any atom is 0.209 e. The van der Waals surface area contributed by atoms with Crippen LogP contribution in [0.15, 0.2) is 42.5 Å². The van der Waals surface area contributed by atoms with Crippen molar-refractivity contribution < 1.29 is 19.4 Å². The molecule has 0 aromatic heterocycles. The molecule has 2 unspecified atom stereocenters. The average molecular weight is 329 g/mol. The normalized spacial score (nSPS) is 18.6. The highest BCUT2D eigenvalue weighted by Crippen LogP contribution is 2.32. The van der Waals surface area contributed by atoms with E-state index in [4.69, 9.17) is 0 Å². The summed E-state index contributed by atoms with van der Waals surface area (Å²) in [5.74, 6) is -0.283. The van der Waals surface area contributed by atoms with Crippen molar-refractivity contribution in [3.05, 3.63) is 70.5 Å². The number of carbonyl (C=O) groups excluding carboxylic acids is 1. The van der Waals surface area contributed by atoms with Crippen molar-refractivity contribution in [2.45, 2.75) is 25.0 Å². The Hall–Kier alpha value is -2.24. The molecule has 2 aromatic rings. The van der Waals surface area contributed by atoms with Gasteiger partial charge in [-0.1, -0.05) is 36.4 Å². The third-order valence-electron chi connectivity index (χ3n) is 4.66. The highest BCUT2D eigenvalue weighted by Gasteiger charge is 2.25. The lowest BCUT2D eigenvalue weighted by Gasteiger charge is -2.18. The quantitative estimate of drug-likeness (QED) is 0.828. The van der Waals surface area contributed by atoms with E-state index < -0.39 is 11.9 Å². The summed E-state index contributed by atoms with van der Waals surface area (Å²) in [4.78, 5) is 12.6. The minimum Gasteiger partial charge on any atom is -0.392 e. The van der Waals surface area contributed by atoms with Crippen LogP contribution in [0.2, 0.25) is 0 Å². The average Bonchev–Trinajstić information content (AvgIpc) is 3.10. The SMILES string of the molecule is O=CN1CCC(c2ccc(C(O)c3ccccc3F)cc2CO)C1. The second kappa shape index (κ2) is 7.11. The molecule has 1 aliphatic heterocycles. The molecule has 2 aromatic carbocycles. The molecule has 2 atom stereocenters. The molecule has 1 saturated heterocycles. The predicted molar refractivity (Wildman–Crippen MR) is 87.8 cm³/mol. The number of aliphatic hydroxyl groups is 2. The maximum atomic E-state index is 13.9. The number of rotatable bonds is 5. The molecule has 4 nitrogen and oxygen atoms in total. The highest BCUT2D eigenvalue weighted by molar-refractivity contribution is 5.49. The summed E-state index contributed by atoms with van der Waals surface area (Å²) < 4.78 is 13.9. The van der Waals surface area contributed by atoms with Crippen LogP contribution in [0.25, 0.3) is 0 Å². The number of carbonyl (C=O) groups is 1. The molecule has 0 spiro atoms. The Balaban J connectivity index is 1.89. The van der Waals surface area contributed by atoms with Crippen molar-refractivity contribution in [3.63, 3.8) is 0 Å². The summed E-state index contributed by atoms with van der Waals surface area (Å²) in [5, 5.41) is 20.1. The topological polar surface area (TPSA) is 60.8 Å². The Bertz CT molecular complexity index is 734. The fourth-order valence-electron chi connectivity index (χ4n) is 3.34. The molecule has 2 N–H and O–H groups in total. The number of aliphatic hydroxyl groups excluding tert-OH is 2. The summed E-state index contributed by atoms with van der Waals surface area (Å²) in [6.45, 7) is 1.18. The molecule has 1 fully saturated rings. The van der Waals surface area contributed by atoms with Gasteiger partial charge in [0.2, 0.25) is 6.41 Å². The van der Waals surface area contributed by atoms with Gasteiger partial charge in [0.25, 0.3) is 0 Å². The van der Waals surface area contributed by atoms with Gasteiger partial charge < -0.3 is 15.1 Å². The molecule has 24 heavy (non-hydrogen) atoms. The van der Waals surface area contributed by atoms with Crippen LogP contribution < -0.4 is 0 Å². The summed E-state index contributed by atoms with van der Waals surface area (Å²) in [7, 11) is 0. The van der Waals surface area contributed by atoms with Gasteiger partial charge in [-0.05, 0) is 29.2 Å². The van der Waals surface area contributed by atoms with Crippen molar-refractivity contribution in [1.29, 1.82) is 0 Å². The van der Waals surface area contributed by atoms with Gasteiger partial charge in [0.1, 0.15) is 11.9 Å². The van der Waals surface area contributed by atoms with Crippen LogP contribution in [0.5, 0.6) is 0 Å². The van der Waals surface area contributed by atoms with E-state index in [1.165, 1.54) is 6.07 Å². The van der Waals surface area contributed by atoms with Gasteiger partial charge in [0.15, 0.2) is 0 Å². The highest BCUT2D eigenvalue weighted by atomic mass is 19.1. The van der Waals surface area contributed by atoms with Crippen molar-refractivity contribution in [3.8, 4) is 0 Å². The van der Waals surface area contributed by atoms with Gasteiger partial charge in [-0.3, -0.25) is 4.79 Å².